The maximum absolute atomic E-state index is 13.2. The maximum atomic E-state index is 13.2. The van der Waals surface area contributed by atoms with Gasteiger partial charge in [-0.15, -0.1) is 0 Å². The second kappa shape index (κ2) is 4.93. The summed E-state index contributed by atoms with van der Waals surface area (Å²) in [7, 11) is 0. The Morgan fingerprint density at radius 2 is 2.28 bits per heavy atom. The van der Waals surface area contributed by atoms with E-state index in [9.17, 15) is 14.5 Å². The number of nitro groups is 1. The Kier molecular flexibility index (Phi) is 3.68. The van der Waals surface area contributed by atoms with E-state index in [1.165, 1.54) is 6.07 Å². The van der Waals surface area contributed by atoms with Crippen molar-refractivity contribution in [2.24, 2.45) is 0 Å². The Morgan fingerprint density at radius 1 is 1.61 bits per heavy atom. The van der Waals surface area contributed by atoms with E-state index in [0.29, 0.717) is 6.54 Å². The predicted molar refractivity (Wildman–Crippen MR) is 72.0 cm³/mol. The lowest BCUT2D eigenvalue weighted by Gasteiger charge is -2.14. The van der Waals surface area contributed by atoms with E-state index in [4.69, 9.17) is 11.6 Å². The molecule has 2 rings (SSSR count). The van der Waals surface area contributed by atoms with Crippen LogP contribution in [0.1, 0.15) is 12.8 Å². The average molecular weight is 291 g/mol. The Morgan fingerprint density at radius 3 is 2.78 bits per heavy atom. The number of rotatable bonds is 5. The third kappa shape index (κ3) is 2.70. The fraction of sp³-hybridized carbons (Fsp3) is 0.455. The van der Waals surface area contributed by atoms with Crippen molar-refractivity contribution in [1.29, 1.82) is 0 Å². The number of nitro benzene ring substituents is 1. The van der Waals surface area contributed by atoms with Gasteiger partial charge in [0.25, 0.3) is 5.69 Å². The molecule has 0 aromatic heterocycles. The van der Waals surface area contributed by atoms with Gasteiger partial charge in [-0.1, -0.05) is 11.6 Å². The summed E-state index contributed by atoms with van der Waals surface area (Å²) in [5.74, 6) is -0.778. The largest absolute Gasteiger partial charge is 0.378 e. The van der Waals surface area contributed by atoms with Crippen molar-refractivity contribution in [3.05, 3.63) is 33.1 Å². The molecule has 1 N–H and O–H groups in total. The Hall–Kier alpha value is -1.01. The number of benzene rings is 1. The van der Waals surface area contributed by atoms with Gasteiger partial charge in [-0.2, -0.15) is 11.8 Å². The van der Waals surface area contributed by atoms with Crippen LogP contribution in [0.15, 0.2) is 12.1 Å². The lowest BCUT2D eigenvalue weighted by atomic mass is 10.2. The number of hydrogen-bond acceptors (Lipinski definition) is 4. The zero-order chi connectivity index (χ0) is 13.3. The second-order valence-corrected chi connectivity index (χ2v) is 5.96. The van der Waals surface area contributed by atoms with Crippen LogP contribution >= 0.6 is 23.4 Å². The van der Waals surface area contributed by atoms with Crippen LogP contribution in [0, 0.1) is 15.9 Å². The number of thioether (sulfide) groups is 1. The molecule has 1 aromatic carbocycles. The van der Waals surface area contributed by atoms with Crippen molar-refractivity contribution in [3.63, 3.8) is 0 Å². The van der Waals surface area contributed by atoms with Crippen LogP contribution in [0.4, 0.5) is 15.8 Å². The second-order valence-electron chi connectivity index (χ2n) is 4.28. The highest BCUT2D eigenvalue weighted by Gasteiger charge is 2.41. The first-order valence-corrected chi connectivity index (χ1v) is 7.00. The smallest absolute Gasteiger partial charge is 0.295 e. The molecule has 0 heterocycles. The van der Waals surface area contributed by atoms with Gasteiger partial charge in [0, 0.05) is 11.3 Å². The van der Waals surface area contributed by atoms with E-state index < -0.39 is 10.7 Å². The summed E-state index contributed by atoms with van der Waals surface area (Å²) in [6.45, 7) is 0.622. The first kappa shape index (κ1) is 13.4. The highest BCUT2D eigenvalue weighted by atomic mass is 35.5. The predicted octanol–water partition coefficient (Wildman–Crippen LogP) is 3.69. The van der Waals surface area contributed by atoms with Crippen molar-refractivity contribution in [2.75, 3.05) is 18.1 Å². The minimum Gasteiger partial charge on any atom is -0.378 e. The van der Waals surface area contributed by atoms with Gasteiger partial charge in [-0.05, 0) is 25.2 Å². The van der Waals surface area contributed by atoms with E-state index in [1.54, 1.807) is 11.8 Å². The SMILES string of the molecule is CSC1(CNc2cc(Cl)c(F)cc2[N+](=O)[O-])CC1. The normalized spacial score (nSPS) is 16.4. The van der Waals surface area contributed by atoms with Crippen LogP contribution in [0.25, 0.3) is 0 Å². The standard InChI is InChI=1S/C11H12ClFN2O2S/c1-18-11(2-3-11)6-14-9-4-7(12)8(13)5-10(9)15(16)17/h4-5,14H,2-3,6H2,1H3. The summed E-state index contributed by atoms with van der Waals surface area (Å²) < 4.78 is 13.4. The number of hydrogen-bond donors (Lipinski definition) is 1. The number of nitrogens with one attached hydrogen (secondary N) is 1. The Bertz CT molecular complexity index is 494. The van der Waals surface area contributed by atoms with Crippen molar-refractivity contribution in [2.45, 2.75) is 17.6 Å². The van der Waals surface area contributed by atoms with Gasteiger partial charge >= 0.3 is 0 Å². The van der Waals surface area contributed by atoms with E-state index in [-0.39, 0.29) is 21.1 Å². The van der Waals surface area contributed by atoms with Crippen LogP contribution in [-0.4, -0.2) is 22.5 Å². The molecule has 7 heteroatoms. The summed E-state index contributed by atoms with van der Waals surface area (Å²) >= 11 is 7.39. The van der Waals surface area contributed by atoms with E-state index in [1.807, 2.05) is 6.26 Å². The lowest BCUT2D eigenvalue weighted by Crippen LogP contribution is -2.18. The molecular weight excluding hydrogens is 279 g/mol. The molecule has 0 saturated heterocycles. The van der Waals surface area contributed by atoms with Gasteiger partial charge in [-0.25, -0.2) is 4.39 Å². The molecule has 1 fully saturated rings. The molecule has 0 spiro atoms. The summed E-state index contributed by atoms with van der Waals surface area (Å²) in [5, 5.41) is 13.7. The molecule has 4 nitrogen and oxygen atoms in total. The molecule has 0 unspecified atom stereocenters. The Balaban J connectivity index is 2.20. The lowest BCUT2D eigenvalue weighted by molar-refractivity contribution is -0.384. The minimum absolute atomic E-state index is 0.114. The molecule has 1 saturated carbocycles. The van der Waals surface area contributed by atoms with E-state index in [0.717, 1.165) is 18.9 Å². The summed E-state index contributed by atoms with van der Waals surface area (Å²) in [6, 6.07) is 2.12. The maximum Gasteiger partial charge on any atom is 0.295 e. The molecular formula is C11H12ClFN2O2S. The molecule has 18 heavy (non-hydrogen) atoms. The van der Waals surface area contributed by atoms with Crippen LogP contribution in [0.2, 0.25) is 5.02 Å². The quantitative estimate of drug-likeness (QED) is 0.664. The highest BCUT2D eigenvalue weighted by Crippen LogP contribution is 2.47. The monoisotopic (exact) mass is 290 g/mol. The number of halogens is 2. The van der Waals surface area contributed by atoms with Crippen LogP contribution in [0.3, 0.4) is 0 Å². The van der Waals surface area contributed by atoms with Gasteiger partial charge in [0.15, 0.2) is 0 Å². The van der Waals surface area contributed by atoms with Crippen LogP contribution in [-0.2, 0) is 0 Å². The summed E-state index contributed by atoms with van der Waals surface area (Å²) in [5.41, 5.74) is -0.0134. The van der Waals surface area contributed by atoms with Crippen LogP contribution in [0.5, 0.6) is 0 Å². The van der Waals surface area contributed by atoms with Gasteiger partial charge in [0.05, 0.1) is 16.0 Å². The zero-order valence-electron chi connectivity index (χ0n) is 9.70. The summed E-state index contributed by atoms with van der Waals surface area (Å²) in [4.78, 5) is 10.2. The van der Waals surface area contributed by atoms with Gasteiger partial charge < -0.3 is 5.32 Å². The molecule has 0 radical (unpaired) electrons. The highest BCUT2D eigenvalue weighted by molar-refractivity contribution is 8.00. The molecule has 0 amide bonds. The van der Waals surface area contributed by atoms with Crippen molar-refractivity contribution >= 4 is 34.7 Å². The minimum atomic E-state index is -0.778. The van der Waals surface area contributed by atoms with Crippen molar-refractivity contribution < 1.29 is 9.31 Å². The summed E-state index contributed by atoms with van der Waals surface area (Å²) in [6.07, 6.45) is 4.19. The van der Waals surface area contributed by atoms with Crippen LogP contribution < -0.4 is 5.32 Å². The molecule has 1 aromatic rings. The Labute approximate surface area is 113 Å². The molecule has 1 aliphatic rings. The number of nitrogens with zero attached hydrogens (tertiary/aromatic N) is 1. The van der Waals surface area contributed by atoms with Crippen molar-refractivity contribution in [3.8, 4) is 0 Å². The fourth-order valence-corrected chi connectivity index (χ4v) is 2.57. The average Bonchev–Trinajstić information content (AvgIpc) is 3.10. The van der Waals surface area contributed by atoms with E-state index in [2.05, 4.69) is 5.32 Å². The third-order valence-corrected chi connectivity index (χ3v) is 4.79. The molecule has 1 aliphatic carbocycles. The first-order chi connectivity index (χ1) is 8.47. The first-order valence-electron chi connectivity index (χ1n) is 5.40. The molecule has 0 atom stereocenters. The number of anilines is 1. The van der Waals surface area contributed by atoms with Gasteiger partial charge in [0.1, 0.15) is 11.5 Å². The molecule has 0 aliphatic heterocycles. The molecule has 0 bridgehead atoms. The topological polar surface area (TPSA) is 55.2 Å². The van der Waals surface area contributed by atoms with Gasteiger partial charge in [-0.3, -0.25) is 10.1 Å². The van der Waals surface area contributed by atoms with E-state index >= 15 is 0 Å². The third-order valence-electron chi connectivity index (χ3n) is 3.08. The fourth-order valence-electron chi connectivity index (χ4n) is 1.68. The van der Waals surface area contributed by atoms with Crippen molar-refractivity contribution in [1.82, 2.24) is 0 Å². The zero-order valence-corrected chi connectivity index (χ0v) is 11.3. The molecule has 98 valence electrons. The van der Waals surface area contributed by atoms with Gasteiger partial charge in [0.2, 0.25) is 0 Å².